The molecule has 0 aliphatic heterocycles. The molecule has 0 saturated heterocycles. The minimum Gasteiger partial charge on any atom is -0.492 e. The molecule has 0 saturated carbocycles. The Bertz CT molecular complexity index is 419. The van der Waals surface area contributed by atoms with Crippen LogP contribution in [-0.4, -0.2) is 18.6 Å². The van der Waals surface area contributed by atoms with Crippen molar-refractivity contribution in [3.8, 4) is 5.75 Å². The Morgan fingerprint density at radius 3 is 2.61 bits per heavy atom. The molecule has 3 N–H and O–H groups in total. The highest BCUT2D eigenvalue weighted by molar-refractivity contribution is 6.32. The molecule has 1 aromatic rings. The van der Waals surface area contributed by atoms with Crippen LogP contribution in [0.2, 0.25) is 5.02 Å². The number of carbonyl (C=O) groups is 1. The lowest BCUT2D eigenvalue weighted by Crippen LogP contribution is -2.32. The van der Waals surface area contributed by atoms with E-state index in [1.165, 1.54) is 0 Å². The molecular weight excluding hydrogens is 252 g/mol. The number of hydrogen-bond acceptors (Lipinski definition) is 3. The number of rotatable bonds is 5. The average Bonchev–Trinajstić information content (AvgIpc) is 2.27. The topological polar surface area (TPSA) is 64.3 Å². The Morgan fingerprint density at radius 1 is 1.44 bits per heavy atom. The van der Waals surface area contributed by atoms with E-state index in [0.717, 1.165) is 0 Å². The highest BCUT2D eigenvalue weighted by Crippen LogP contribution is 2.28. The highest BCUT2D eigenvalue weighted by Gasteiger charge is 2.09. The van der Waals surface area contributed by atoms with Crippen molar-refractivity contribution in [2.24, 2.45) is 11.7 Å². The van der Waals surface area contributed by atoms with Gasteiger partial charge in [0.1, 0.15) is 5.75 Å². The number of anilines is 1. The maximum Gasteiger partial charge on any atom is 0.240 e. The van der Waals surface area contributed by atoms with Crippen molar-refractivity contribution in [3.63, 3.8) is 0 Å². The van der Waals surface area contributed by atoms with E-state index in [4.69, 9.17) is 22.1 Å². The molecule has 0 radical (unpaired) electrons. The van der Waals surface area contributed by atoms with Gasteiger partial charge in [-0.25, -0.2) is 0 Å². The third-order valence-corrected chi connectivity index (χ3v) is 2.48. The van der Waals surface area contributed by atoms with E-state index in [1.807, 2.05) is 0 Å². The van der Waals surface area contributed by atoms with Crippen LogP contribution in [0.4, 0.5) is 5.69 Å². The number of hydrogen-bond donors (Lipinski definition) is 2. The highest BCUT2D eigenvalue weighted by atomic mass is 35.5. The van der Waals surface area contributed by atoms with Gasteiger partial charge in [-0.15, -0.1) is 0 Å². The quantitative estimate of drug-likeness (QED) is 0.865. The molecule has 5 heteroatoms. The number of nitrogens with two attached hydrogens (primary N) is 1. The molecule has 18 heavy (non-hydrogen) atoms. The van der Waals surface area contributed by atoms with Crippen LogP contribution in [0.1, 0.15) is 20.8 Å². The van der Waals surface area contributed by atoms with Gasteiger partial charge in [-0.3, -0.25) is 4.79 Å². The number of ether oxygens (including phenoxy) is 1. The van der Waals surface area contributed by atoms with Crippen LogP contribution < -0.4 is 15.8 Å². The Balaban J connectivity index is 2.70. The first kappa shape index (κ1) is 14.8. The minimum absolute atomic E-state index is 0.248. The molecule has 0 aromatic heterocycles. The van der Waals surface area contributed by atoms with Gasteiger partial charge >= 0.3 is 0 Å². The van der Waals surface area contributed by atoms with Gasteiger partial charge in [0.2, 0.25) is 5.91 Å². The maximum absolute atomic E-state index is 11.4. The summed E-state index contributed by atoms with van der Waals surface area (Å²) in [5, 5.41) is 3.14. The second-order valence-electron chi connectivity index (χ2n) is 4.63. The van der Waals surface area contributed by atoms with Crippen molar-refractivity contribution in [2.45, 2.75) is 26.8 Å². The summed E-state index contributed by atoms with van der Waals surface area (Å²) in [7, 11) is 0. The molecule has 0 fully saturated rings. The summed E-state index contributed by atoms with van der Waals surface area (Å²) >= 11 is 6.07. The molecule has 0 aliphatic rings. The molecule has 0 heterocycles. The van der Waals surface area contributed by atoms with Crippen molar-refractivity contribution in [1.29, 1.82) is 0 Å². The summed E-state index contributed by atoms with van der Waals surface area (Å²) in [6.45, 7) is 6.35. The molecule has 1 amide bonds. The van der Waals surface area contributed by atoms with Crippen molar-refractivity contribution < 1.29 is 9.53 Å². The van der Waals surface area contributed by atoms with E-state index < -0.39 is 6.04 Å². The van der Waals surface area contributed by atoms with E-state index in [1.54, 1.807) is 25.1 Å². The third-order valence-electron chi connectivity index (χ3n) is 2.19. The molecule has 0 spiro atoms. The third kappa shape index (κ3) is 4.55. The first-order valence-corrected chi connectivity index (χ1v) is 6.26. The fourth-order valence-electron chi connectivity index (χ4n) is 1.21. The van der Waals surface area contributed by atoms with E-state index in [-0.39, 0.29) is 5.91 Å². The van der Waals surface area contributed by atoms with Crippen LogP contribution in [0, 0.1) is 5.92 Å². The smallest absolute Gasteiger partial charge is 0.240 e. The second-order valence-corrected chi connectivity index (χ2v) is 5.04. The van der Waals surface area contributed by atoms with Crippen molar-refractivity contribution >= 4 is 23.2 Å². The zero-order valence-corrected chi connectivity index (χ0v) is 11.6. The number of amides is 1. The summed E-state index contributed by atoms with van der Waals surface area (Å²) in [6.07, 6.45) is 0. The zero-order chi connectivity index (χ0) is 13.7. The van der Waals surface area contributed by atoms with Crippen LogP contribution in [0.15, 0.2) is 18.2 Å². The Morgan fingerprint density at radius 2 is 2.11 bits per heavy atom. The van der Waals surface area contributed by atoms with Crippen LogP contribution in [-0.2, 0) is 4.79 Å². The van der Waals surface area contributed by atoms with E-state index in [0.29, 0.717) is 29.0 Å². The van der Waals surface area contributed by atoms with Crippen molar-refractivity contribution in [3.05, 3.63) is 23.2 Å². The van der Waals surface area contributed by atoms with Gasteiger partial charge in [-0.05, 0) is 31.0 Å². The minimum atomic E-state index is -0.555. The largest absolute Gasteiger partial charge is 0.492 e. The summed E-state index contributed by atoms with van der Waals surface area (Å²) in [5.74, 6) is 0.796. The lowest BCUT2D eigenvalue weighted by atomic mass is 10.2. The van der Waals surface area contributed by atoms with Gasteiger partial charge in [0.05, 0.1) is 17.7 Å². The molecule has 1 rings (SSSR count). The zero-order valence-electron chi connectivity index (χ0n) is 10.9. The summed E-state index contributed by atoms with van der Waals surface area (Å²) in [4.78, 5) is 11.4. The van der Waals surface area contributed by atoms with Crippen molar-refractivity contribution in [1.82, 2.24) is 0 Å². The van der Waals surface area contributed by atoms with Gasteiger partial charge in [-0.2, -0.15) is 0 Å². The lowest BCUT2D eigenvalue weighted by Gasteiger charge is -2.12. The van der Waals surface area contributed by atoms with Gasteiger partial charge in [-0.1, -0.05) is 25.4 Å². The van der Waals surface area contributed by atoms with Gasteiger partial charge in [0, 0.05) is 5.69 Å². The van der Waals surface area contributed by atoms with E-state index in [2.05, 4.69) is 19.2 Å². The molecule has 1 aromatic carbocycles. The van der Waals surface area contributed by atoms with Crippen LogP contribution in [0.5, 0.6) is 5.75 Å². The number of carbonyl (C=O) groups excluding carboxylic acids is 1. The molecular formula is C13H19ClN2O2. The number of benzene rings is 1. The Labute approximate surface area is 112 Å². The lowest BCUT2D eigenvalue weighted by molar-refractivity contribution is -0.117. The molecule has 0 bridgehead atoms. The summed E-state index contributed by atoms with van der Waals surface area (Å²) in [6, 6.07) is 4.57. The maximum atomic E-state index is 11.4. The van der Waals surface area contributed by atoms with Crippen molar-refractivity contribution in [2.75, 3.05) is 11.9 Å². The number of halogens is 1. The normalized spacial score (nSPS) is 12.3. The predicted molar refractivity (Wildman–Crippen MR) is 74.1 cm³/mol. The second kappa shape index (κ2) is 6.61. The molecule has 100 valence electrons. The van der Waals surface area contributed by atoms with Gasteiger partial charge in [0.25, 0.3) is 0 Å². The standard InChI is InChI=1S/C13H19ClN2O2/c1-8(2)7-18-12-5-4-10(6-11(12)14)16-13(17)9(3)15/h4-6,8-9H,7,15H2,1-3H3,(H,16,17)/t9-/m0/s1. The SMILES string of the molecule is CC(C)COc1ccc(NC(=O)[C@H](C)N)cc1Cl. The first-order chi connectivity index (χ1) is 8.40. The Kier molecular flexibility index (Phi) is 5.44. The summed E-state index contributed by atoms with van der Waals surface area (Å²) < 4.78 is 5.54. The van der Waals surface area contributed by atoms with Crippen LogP contribution in [0.3, 0.4) is 0 Å². The van der Waals surface area contributed by atoms with Crippen LogP contribution >= 0.6 is 11.6 Å². The van der Waals surface area contributed by atoms with Crippen LogP contribution in [0.25, 0.3) is 0 Å². The summed E-state index contributed by atoms with van der Waals surface area (Å²) in [5.41, 5.74) is 6.07. The molecule has 4 nitrogen and oxygen atoms in total. The monoisotopic (exact) mass is 270 g/mol. The van der Waals surface area contributed by atoms with E-state index in [9.17, 15) is 4.79 Å². The van der Waals surface area contributed by atoms with Gasteiger partial charge in [0.15, 0.2) is 0 Å². The van der Waals surface area contributed by atoms with E-state index >= 15 is 0 Å². The number of nitrogens with one attached hydrogen (secondary N) is 1. The molecule has 0 aliphatic carbocycles. The predicted octanol–water partition coefficient (Wildman–Crippen LogP) is 2.66. The molecule has 1 atom stereocenters. The fraction of sp³-hybridized carbons (Fsp3) is 0.462. The molecule has 0 unspecified atom stereocenters. The average molecular weight is 271 g/mol. The first-order valence-electron chi connectivity index (χ1n) is 5.89. The van der Waals surface area contributed by atoms with Gasteiger partial charge < -0.3 is 15.8 Å². The fourth-order valence-corrected chi connectivity index (χ4v) is 1.44. The Hall–Kier alpha value is -1.26.